The van der Waals surface area contributed by atoms with E-state index in [0.29, 0.717) is 12.1 Å². The number of carbonyl (C=O) groups is 1. The molecule has 0 bridgehead atoms. The Balaban J connectivity index is 1.74. The van der Waals surface area contributed by atoms with Crippen LogP contribution in [0.25, 0.3) is 16.6 Å². The molecule has 0 saturated heterocycles. The molecule has 1 N–H and O–H groups in total. The summed E-state index contributed by atoms with van der Waals surface area (Å²) in [5, 5.41) is 2.91. The Hall–Kier alpha value is -2.92. The van der Waals surface area contributed by atoms with Crippen LogP contribution in [0, 0.1) is 13.8 Å². The molecule has 5 nitrogen and oxygen atoms in total. The number of imidazole rings is 1. The van der Waals surface area contributed by atoms with Gasteiger partial charge in [0, 0.05) is 12.1 Å². The molecule has 0 fully saturated rings. The van der Waals surface area contributed by atoms with Gasteiger partial charge in [0.25, 0.3) is 5.24 Å². The number of anilines is 1. The van der Waals surface area contributed by atoms with Gasteiger partial charge in [-0.25, -0.2) is 9.97 Å². The number of hydrogen-bond acceptors (Lipinski definition) is 4. The van der Waals surface area contributed by atoms with Gasteiger partial charge in [-0.15, -0.1) is 0 Å². The van der Waals surface area contributed by atoms with Crippen molar-refractivity contribution < 1.29 is 4.79 Å². The largest absolute Gasteiger partial charge is 0.364 e. The predicted octanol–water partition coefficient (Wildman–Crippen LogP) is 4.49. The first-order valence-corrected chi connectivity index (χ1v) is 8.66. The van der Waals surface area contributed by atoms with Crippen molar-refractivity contribution in [2.24, 2.45) is 0 Å². The number of aryl methyl sites for hydroxylation is 2. The lowest BCUT2D eigenvalue weighted by atomic mass is 10.1. The van der Waals surface area contributed by atoms with Crippen LogP contribution in [-0.2, 0) is 6.54 Å². The van der Waals surface area contributed by atoms with E-state index < -0.39 is 5.24 Å². The standard InChI is InChI=1S/C20H17ClN4O/c1-12-3-4-14(7-13(12)2)9-23-20-18-10-22-11-25(18)17-8-15(19(21)26)5-6-16(17)24-20/h3-8,10-11H,9H2,1-2H3,(H,23,24). The third-order valence-corrected chi connectivity index (χ3v) is 4.82. The molecular weight excluding hydrogens is 348 g/mol. The van der Waals surface area contributed by atoms with E-state index in [1.807, 2.05) is 4.40 Å². The second-order valence-corrected chi connectivity index (χ2v) is 6.70. The molecule has 2 aromatic heterocycles. The van der Waals surface area contributed by atoms with Crippen molar-refractivity contribution in [2.45, 2.75) is 20.4 Å². The van der Waals surface area contributed by atoms with Crippen molar-refractivity contribution in [3.63, 3.8) is 0 Å². The van der Waals surface area contributed by atoms with E-state index in [1.165, 1.54) is 16.7 Å². The van der Waals surface area contributed by atoms with Gasteiger partial charge in [-0.2, -0.15) is 0 Å². The summed E-state index contributed by atoms with van der Waals surface area (Å²) in [6.45, 7) is 4.88. The molecule has 130 valence electrons. The Morgan fingerprint density at radius 3 is 2.73 bits per heavy atom. The van der Waals surface area contributed by atoms with Gasteiger partial charge >= 0.3 is 0 Å². The van der Waals surface area contributed by atoms with Gasteiger partial charge in [0.2, 0.25) is 0 Å². The number of halogens is 1. The quantitative estimate of drug-likeness (QED) is 0.542. The number of carbonyl (C=O) groups excluding carboxylic acids is 1. The highest BCUT2D eigenvalue weighted by molar-refractivity contribution is 6.67. The van der Waals surface area contributed by atoms with E-state index in [0.717, 1.165) is 22.4 Å². The van der Waals surface area contributed by atoms with Gasteiger partial charge in [-0.1, -0.05) is 18.2 Å². The molecule has 0 atom stereocenters. The van der Waals surface area contributed by atoms with Crippen LogP contribution < -0.4 is 5.32 Å². The Bertz CT molecular complexity index is 1150. The van der Waals surface area contributed by atoms with Crippen molar-refractivity contribution in [1.82, 2.24) is 14.4 Å². The molecule has 0 aliphatic carbocycles. The molecular formula is C20H17ClN4O. The summed E-state index contributed by atoms with van der Waals surface area (Å²) >= 11 is 5.60. The molecule has 0 amide bonds. The smallest absolute Gasteiger partial charge is 0.252 e. The normalized spacial score (nSPS) is 11.2. The van der Waals surface area contributed by atoms with Crippen molar-refractivity contribution in [3.05, 3.63) is 71.2 Å². The molecule has 0 unspecified atom stereocenters. The zero-order chi connectivity index (χ0) is 18.3. The number of rotatable bonds is 4. The summed E-state index contributed by atoms with van der Waals surface area (Å²) in [6, 6.07) is 11.6. The van der Waals surface area contributed by atoms with Gasteiger partial charge in [0.15, 0.2) is 5.82 Å². The van der Waals surface area contributed by atoms with Gasteiger partial charge in [0.1, 0.15) is 5.52 Å². The lowest BCUT2D eigenvalue weighted by Gasteiger charge is -2.11. The molecule has 4 aromatic rings. The molecule has 26 heavy (non-hydrogen) atoms. The highest BCUT2D eigenvalue weighted by Gasteiger charge is 2.11. The summed E-state index contributed by atoms with van der Waals surface area (Å²) in [6.07, 6.45) is 3.47. The minimum Gasteiger partial charge on any atom is -0.364 e. The summed E-state index contributed by atoms with van der Waals surface area (Å²) in [5.74, 6) is 0.748. The maximum absolute atomic E-state index is 11.4. The fraction of sp³-hybridized carbons (Fsp3) is 0.150. The summed E-state index contributed by atoms with van der Waals surface area (Å²) in [4.78, 5) is 20.4. The van der Waals surface area contributed by atoms with E-state index in [2.05, 4.69) is 42.3 Å². The van der Waals surface area contributed by atoms with Crippen LogP contribution >= 0.6 is 11.6 Å². The SMILES string of the molecule is Cc1ccc(CNc2nc3ccc(C(=O)Cl)cc3n3cncc23)cc1C. The highest BCUT2D eigenvalue weighted by atomic mass is 35.5. The first-order valence-electron chi connectivity index (χ1n) is 8.28. The second kappa shape index (κ2) is 6.42. The maximum Gasteiger partial charge on any atom is 0.252 e. The van der Waals surface area contributed by atoms with Crippen LogP contribution in [0.5, 0.6) is 0 Å². The van der Waals surface area contributed by atoms with Gasteiger partial charge < -0.3 is 5.32 Å². The molecule has 4 rings (SSSR count). The van der Waals surface area contributed by atoms with Crippen molar-refractivity contribution in [1.29, 1.82) is 0 Å². The summed E-state index contributed by atoms with van der Waals surface area (Å²) in [7, 11) is 0. The Morgan fingerprint density at radius 1 is 1.12 bits per heavy atom. The monoisotopic (exact) mass is 364 g/mol. The third kappa shape index (κ3) is 2.91. The van der Waals surface area contributed by atoms with E-state index in [-0.39, 0.29) is 0 Å². The molecule has 0 spiro atoms. The Labute approximate surface area is 155 Å². The number of hydrogen-bond donors (Lipinski definition) is 1. The fourth-order valence-corrected chi connectivity index (χ4v) is 3.12. The van der Waals surface area contributed by atoms with Crippen LogP contribution in [0.3, 0.4) is 0 Å². The van der Waals surface area contributed by atoms with Crippen molar-refractivity contribution in [2.75, 3.05) is 5.32 Å². The minimum absolute atomic E-state index is 0.437. The lowest BCUT2D eigenvalue weighted by Crippen LogP contribution is -2.05. The molecule has 0 aliphatic rings. The van der Waals surface area contributed by atoms with E-state index in [4.69, 9.17) is 16.6 Å². The van der Waals surface area contributed by atoms with Crippen molar-refractivity contribution >= 4 is 39.2 Å². The van der Waals surface area contributed by atoms with Gasteiger partial charge in [-0.05, 0) is 60.3 Å². The number of aromatic nitrogens is 3. The number of nitrogens with zero attached hydrogens (tertiary/aromatic N) is 3. The zero-order valence-electron chi connectivity index (χ0n) is 14.5. The highest BCUT2D eigenvalue weighted by Crippen LogP contribution is 2.23. The van der Waals surface area contributed by atoms with E-state index in [9.17, 15) is 4.79 Å². The minimum atomic E-state index is -0.489. The first kappa shape index (κ1) is 16.5. The number of benzene rings is 2. The molecule has 0 aliphatic heterocycles. The third-order valence-electron chi connectivity index (χ3n) is 4.61. The average Bonchev–Trinajstić information content (AvgIpc) is 3.12. The number of nitrogens with one attached hydrogen (secondary N) is 1. The lowest BCUT2D eigenvalue weighted by molar-refractivity contribution is 0.108. The second-order valence-electron chi connectivity index (χ2n) is 6.36. The molecule has 2 heterocycles. The van der Waals surface area contributed by atoms with Crippen LogP contribution in [0.1, 0.15) is 27.0 Å². The van der Waals surface area contributed by atoms with E-state index >= 15 is 0 Å². The fourth-order valence-electron chi connectivity index (χ4n) is 3.00. The van der Waals surface area contributed by atoms with Crippen LogP contribution in [0.2, 0.25) is 0 Å². The predicted molar refractivity (Wildman–Crippen MR) is 104 cm³/mol. The van der Waals surface area contributed by atoms with Gasteiger partial charge in [-0.3, -0.25) is 9.20 Å². The van der Waals surface area contributed by atoms with E-state index in [1.54, 1.807) is 30.7 Å². The first-order chi connectivity index (χ1) is 12.5. The summed E-state index contributed by atoms with van der Waals surface area (Å²) in [5.41, 5.74) is 6.58. The van der Waals surface area contributed by atoms with Crippen LogP contribution in [0.15, 0.2) is 48.9 Å². The van der Waals surface area contributed by atoms with Crippen LogP contribution in [0.4, 0.5) is 5.82 Å². The molecule has 0 radical (unpaired) electrons. The summed E-state index contributed by atoms with van der Waals surface area (Å²) < 4.78 is 1.91. The van der Waals surface area contributed by atoms with Crippen LogP contribution in [-0.4, -0.2) is 19.6 Å². The zero-order valence-corrected chi connectivity index (χ0v) is 15.2. The van der Waals surface area contributed by atoms with Crippen molar-refractivity contribution in [3.8, 4) is 0 Å². The Morgan fingerprint density at radius 2 is 1.96 bits per heavy atom. The topological polar surface area (TPSA) is 59.3 Å². The molecule has 2 aromatic carbocycles. The van der Waals surface area contributed by atoms with Gasteiger partial charge in [0.05, 0.1) is 23.6 Å². The average molecular weight is 365 g/mol. The Kier molecular flexibility index (Phi) is 4.09. The maximum atomic E-state index is 11.4. The molecule has 0 saturated carbocycles. The number of fused-ring (bicyclic) bond motifs is 3. The molecule has 6 heteroatoms.